The van der Waals surface area contributed by atoms with Crippen LogP contribution in [0.15, 0.2) is 24.3 Å². The zero-order chi connectivity index (χ0) is 14.1. The molecule has 4 nitrogen and oxygen atoms in total. The lowest BCUT2D eigenvalue weighted by atomic mass is 10.1. The van der Waals surface area contributed by atoms with E-state index in [-0.39, 0.29) is 54.0 Å². The van der Waals surface area contributed by atoms with Crippen molar-refractivity contribution in [1.82, 2.24) is 4.98 Å². The maximum atomic E-state index is 5.76. The Labute approximate surface area is 172 Å². The Morgan fingerprint density at radius 2 is 1.48 bits per heavy atom. The summed E-state index contributed by atoms with van der Waals surface area (Å²) >= 11 is 1.63. The molecule has 0 saturated heterocycles. The van der Waals surface area contributed by atoms with E-state index in [2.05, 4.69) is 11.1 Å². The van der Waals surface area contributed by atoms with Gasteiger partial charge in [0.2, 0.25) is 0 Å². The van der Waals surface area contributed by atoms with Gasteiger partial charge in [0.15, 0.2) is 5.79 Å². The summed E-state index contributed by atoms with van der Waals surface area (Å²) in [6, 6.07) is 8.06. The molecule has 0 spiro atoms. The zero-order valence-corrected chi connectivity index (χ0v) is 20.7. The first-order chi connectivity index (χ1) is 9.00. The molecule has 1 aromatic carbocycles. The fourth-order valence-corrected chi connectivity index (χ4v) is 4.02. The molecule has 2 aromatic rings. The minimum absolute atomic E-state index is 0. The molecule has 1 aromatic heterocycles. The molecule has 1 heterocycles. The highest BCUT2D eigenvalue weighted by atomic mass is 32.1. The average molecular weight is 434 g/mol. The number of hydrogen-bond donors (Lipinski definition) is 0. The van der Waals surface area contributed by atoms with Gasteiger partial charge in [-0.2, -0.15) is 54.0 Å². The van der Waals surface area contributed by atoms with Crippen LogP contribution in [0.25, 0.3) is 10.2 Å². The van der Waals surface area contributed by atoms with Crippen molar-refractivity contribution in [3.8, 4) is 0 Å². The molecule has 0 amide bonds. The first kappa shape index (κ1) is 28.4. The Kier molecular flexibility index (Phi) is 13.9. The molecule has 0 saturated carbocycles. The van der Waals surface area contributed by atoms with Crippen molar-refractivity contribution >= 4 is 85.8 Å². The molecule has 136 valence electrons. The third-order valence-electron chi connectivity index (χ3n) is 3.76. The molecule has 1 atom stereocenters. The Balaban J connectivity index is -0.000001000. The average Bonchev–Trinajstić information content (AvgIpc) is 2.89. The standard InChI is InChI=1S/C13H19NO3SSi.4H2S/c1-12(15-2,16-3)13(19,17-4)11-14-9-7-5-6-8-10(9)18-11;;;;/h5-8H,1-4,19H3;4*1H2. The molecule has 0 aliphatic heterocycles. The summed E-state index contributed by atoms with van der Waals surface area (Å²) in [4.78, 5) is 4.69. The maximum Gasteiger partial charge on any atom is 0.196 e. The molecule has 0 radical (unpaired) electrons. The monoisotopic (exact) mass is 433 g/mol. The van der Waals surface area contributed by atoms with Crippen LogP contribution in [0, 0.1) is 0 Å². The topological polar surface area (TPSA) is 40.6 Å². The Morgan fingerprint density at radius 1 is 0.957 bits per heavy atom. The van der Waals surface area contributed by atoms with E-state index in [1.165, 1.54) is 0 Å². The second-order valence-corrected chi connectivity index (χ2v) is 7.02. The van der Waals surface area contributed by atoms with Gasteiger partial charge in [0.1, 0.15) is 10.2 Å². The van der Waals surface area contributed by atoms with Gasteiger partial charge in [-0.3, -0.25) is 0 Å². The summed E-state index contributed by atoms with van der Waals surface area (Å²) in [6.07, 6.45) is 0. The summed E-state index contributed by atoms with van der Waals surface area (Å²) in [5, 5.41) is 0.259. The van der Waals surface area contributed by atoms with Crippen molar-refractivity contribution in [2.45, 2.75) is 17.9 Å². The lowest BCUT2D eigenvalue weighted by molar-refractivity contribution is -0.274. The maximum absolute atomic E-state index is 5.76. The highest BCUT2D eigenvalue weighted by Gasteiger charge is 2.49. The number of ether oxygens (including phenoxy) is 3. The van der Waals surface area contributed by atoms with E-state index in [4.69, 9.17) is 14.2 Å². The third-order valence-corrected chi connectivity index (χ3v) is 7.15. The molecule has 0 bridgehead atoms. The van der Waals surface area contributed by atoms with E-state index in [0.29, 0.717) is 10.2 Å². The normalized spacial score (nSPS) is 13.0. The molecule has 1 unspecified atom stereocenters. The number of rotatable bonds is 5. The van der Waals surface area contributed by atoms with Gasteiger partial charge in [-0.1, -0.05) is 12.1 Å². The van der Waals surface area contributed by atoms with Gasteiger partial charge >= 0.3 is 0 Å². The van der Waals surface area contributed by atoms with E-state index in [0.717, 1.165) is 15.2 Å². The van der Waals surface area contributed by atoms with Crippen LogP contribution in [-0.4, -0.2) is 42.3 Å². The molecule has 2 rings (SSSR count). The van der Waals surface area contributed by atoms with Crippen molar-refractivity contribution in [3.05, 3.63) is 29.3 Å². The van der Waals surface area contributed by atoms with Gasteiger partial charge in [-0.25, -0.2) is 4.98 Å². The third kappa shape index (κ3) is 5.05. The Hall–Kier alpha value is 0.607. The first-order valence-electron chi connectivity index (χ1n) is 6.02. The molecule has 23 heavy (non-hydrogen) atoms. The lowest BCUT2D eigenvalue weighted by Gasteiger charge is -2.41. The number of fused-ring (bicyclic) bond motifs is 1. The number of methoxy groups -OCH3 is 3. The Morgan fingerprint density at radius 3 is 1.91 bits per heavy atom. The molecule has 0 N–H and O–H groups in total. The van der Waals surface area contributed by atoms with E-state index in [1.807, 2.05) is 25.1 Å². The first-order valence-corrected chi connectivity index (χ1v) is 7.84. The number of nitrogens with zero attached hydrogens (tertiary/aromatic N) is 1. The van der Waals surface area contributed by atoms with E-state index >= 15 is 0 Å². The van der Waals surface area contributed by atoms with Crippen molar-refractivity contribution in [2.75, 3.05) is 21.3 Å². The van der Waals surface area contributed by atoms with Crippen molar-refractivity contribution in [3.63, 3.8) is 0 Å². The summed E-state index contributed by atoms with van der Waals surface area (Å²) in [5.41, 5.74) is 0.981. The number of para-hydroxylation sites is 1. The quantitative estimate of drug-likeness (QED) is 0.534. The van der Waals surface area contributed by atoms with Crippen LogP contribution < -0.4 is 0 Å². The van der Waals surface area contributed by atoms with Gasteiger partial charge in [0.05, 0.1) is 20.5 Å². The summed E-state index contributed by atoms with van der Waals surface area (Å²) in [7, 11) is 5.63. The summed E-state index contributed by atoms with van der Waals surface area (Å²) in [5.74, 6) is -0.845. The highest BCUT2D eigenvalue weighted by Crippen LogP contribution is 2.39. The number of hydrogen-bond acceptors (Lipinski definition) is 5. The van der Waals surface area contributed by atoms with Crippen molar-refractivity contribution in [2.24, 2.45) is 0 Å². The Bertz CT molecular complexity index is 548. The fourth-order valence-electron chi connectivity index (χ4n) is 2.02. The second kappa shape index (κ2) is 11.3. The van der Waals surface area contributed by atoms with Crippen LogP contribution in [0.2, 0.25) is 0 Å². The zero-order valence-electron chi connectivity index (χ0n) is 13.9. The largest absolute Gasteiger partial charge is 0.370 e. The van der Waals surface area contributed by atoms with Crippen molar-refractivity contribution < 1.29 is 14.2 Å². The van der Waals surface area contributed by atoms with Gasteiger partial charge < -0.3 is 14.2 Å². The van der Waals surface area contributed by atoms with E-state index < -0.39 is 11.0 Å². The molecule has 0 aliphatic carbocycles. The van der Waals surface area contributed by atoms with Crippen LogP contribution in [-0.2, 0) is 19.4 Å². The van der Waals surface area contributed by atoms with Gasteiger partial charge in [-0.05, 0) is 19.1 Å². The predicted molar refractivity (Wildman–Crippen MR) is 122 cm³/mol. The molecular formula is C13H27NO3S5Si. The number of thiazole rings is 1. The van der Waals surface area contributed by atoms with Gasteiger partial charge in [0, 0.05) is 21.3 Å². The highest BCUT2D eigenvalue weighted by molar-refractivity contribution is 7.59. The lowest BCUT2D eigenvalue weighted by Crippen LogP contribution is -2.54. The smallest absolute Gasteiger partial charge is 0.196 e. The van der Waals surface area contributed by atoms with Crippen LogP contribution in [0.3, 0.4) is 0 Å². The van der Waals surface area contributed by atoms with Gasteiger partial charge in [-0.15, -0.1) is 11.3 Å². The minimum atomic E-state index is -0.845. The second-order valence-electron chi connectivity index (χ2n) is 4.58. The number of benzene rings is 1. The van der Waals surface area contributed by atoms with Crippen LogP contribution in [0.1, 0.15) is 11.9 Å². The van der Waals surface area contributed by atoms with E-state index in [1.54, 1.807) is 32.7 Å². The van der Waals surface area contributed by atoms with Crippen LogP contribution in [0.5, 0.6) is 0 Å². The summed E-state index contributed by atoms with van der Waals surface area (Å²) in [6.45, 7) is 1.88. The molecule has 0 aliphatic rings. The fraction of sp³-hybridized carbons (Fsp3) is 0.462. The summed E-state index contributed by atoms with van der Waals surface area (Å²) < 4.78 is 18.0. The SMILES string of the molecule is COC(C)(OC)C([SiH3])(OC)c1nc2ccccc2s1.S.S.S.S. The van der Waals surface area contributed by atoms with Crippen LogP contribution in [0.4, 0.5) is 0 Å². The predicted octanol–water partition coefficient (Wildman–Crippen LogP) is 1.92. The molecular weight excluding hydrogens is 407 g/mol. The van der Waals surface area contributed by atoms with Crippen molar-refractivity contribution in [1.29, 1.82) is 0 Å². The molecule has 10 heteroatoms. The molecule has 0 fully saturated rings. The minimum Gasteiger partial charge on any atom is -0.370 e. The van der Waals surface area contributed by atoms with E-state index in [9.17, 15) is 0 Å². The number of aromatic nitrogens is 1. The van der Waals surface area contributed by atoms with Gasteiger partial charge in [0.25, 0.3) is 0 Å². The van der Waals surface area contributed by atoms with Crippen LogP contribution >= 0.6 is 65.3 Å².